The van der Waals surface area contributed by atoms with Crippen LogP contribution < -0.4 is 0 Å². The summed E-state index contributed by atoms with van der Waals surface area (Å²) >= 11 is 0. The van der Waals surface area contributed by atoms with E-state index in [1.165, 1.54) is 12.0 Å². The second kappa shape index (κ2) is 7.10. The number of alkyl halides is 3. The Labute approximate surface area is 126 Å². The zero-order chi connectivity index (χ0) is 17.0. The number of rotatable bonds is 6. The highest BCUT2D eigenvalue weighted by atomic mass is 32.2. The summed E-state index contributed by atoms with van der Waals surface area (Å²) in [6.07, 6.45) is 0.610. The van der Waals surface area contributed by atoms with Crippen LogP contribution in [-0.4, -0.2) is 52.0 Å². The first-order valence-corrected chi connectivity index (χ1v) is 7.75. The molecule has 0 aromatic heterocycles. The number of halogens is 3. The molecular weight excluding hydrogens is 323 g/mol. The fourth-order valence-corrected chi connectivity index (χ4v) is 2.44. The lowest BCUT2D eigenvalue weighted by Crippen LogP contribution is -2.28. The Morgan fingerprint density at radius 2 is 1.77 bits per heavy atom. The van der Waals surface area contributed by atoms with Gasteiger partial charge in [0.25, 0.3) is 15.7 Å². The lowest BCUT2D eigenvalue weighted by atomic mass is 10.2. The third kappa shape index (κ3) is 4.20. The number of benzene rings is 1. The summed E-state index contributed by atoms with van der Waals surface area (Å²) < 4.78 is 64.5. The van der Waals surface area contributed by atoms with Crippen molar-refractivity contribution < 1.29 is 31.1 Å². The summed E-state index contributed by atoms with van der Waals surface area (Å²) in [7, 11) is -2.33. The molecule has 0 unspecified atom stereocenters. The number of amides is 1. The molecule has 5 nitrogen and oxygen atoms in total. The van der Waals surface area contributed by atoms with Crippen molar-refractivity contribution >= 4 is 15.7 Å². The Bertz CT molecular complexity index is 611. The molecule has 1 amide bonds. The quantitative estimate of drug-likeness (QED) is 0.745. The topological polar surface area (TPSA) is 63.7 Å². The molecule has 1 aromatic rings. The molecule has 0 atom stereocenters. The van der Waals surface area contributed by atoms with Crippen LogP contribution in [0.25, 0.3) is 0 Å². The molecule has 0 spiro atoms. The van der Waals surface area contributed by atoms with Gasteiger partial charge in [0.1, 0.15) is 0 Å². The third-order valence-corrected chi connectivity index (χ3v) is 4.41. The number of carbonyl (C=O) groups is 1. The monoisotopic (exact) mass is 339 g/mol. The summed E-state index contributed by atoms with van der Waals surface area (Å²) in [5, 5.41) is 0. The maximum atomic E-state index is 12.4. The van der Waals surface area contributed by atoms with Gasteiger partial charge in [-0.05, 0) is 30.7 Å². The van der Waals surface area contributed by atoms with Crippen LogP contribution in [0.1, 0.15) is 16.8 Å². The Balaban J connectivity index is 2.87. The number of hydrogen-bond donors (Lipinski definition) is 0. The average molecular weight is 339 g/mol. The molecule has 0 bridgehead atoms. The largest absolute Gasteiger partial charge is 0.501 e. The molecule has 1 aromatic carbocycles. The lowest BCUT2D eigenvalue weighted by Gasteiger charge is -2.17. The van der Waals surface area contributed by atoms with Gasteiger partial charge in [0, 0.05) is 32.9 Å². The van der Waals surface area contributed by atoms with Crippen LogP contribution in [0.5, 0.6) is 0 Å². The highest BCUT2D eigenvalue weighted by Crippen LogP contribution is 2.30. The molecule has 0 aliphatic carbocycles. The van der Waals surface area contributed by atoms with Gasteiger partial charge in [0.05, 0.1) is 4.90 Å². The van der Waals surface area contributed by atoms with Crippen molar-refractivity contribution in [1.82, 2.24) is 4.90 Å². The van der Waals surface area contributed by atoms with Crippen molar-refractivity contribution in [3.63, 3.8) is 0 Å². The standard InChI is InChI=1S/C13H16F3NO4S/c1-17(8-3-9-21-2)12(18)10-4-6-11(7-5-10)22(19,20)13(14,15)16/h4-7H,3,8-9H2,1-2H3. The summed E-state index contributed by atoms with van der Waals surface area (Å²) in [5.74, 6) is -0.410. The Morgan fingerprint density at radius 3 is 2.23 bits per heavy atom. The smallest absolute Gasteiger partial charge is 0.385 e. The Hall–Kier alpha value is -1.61. The van der Waals surface area contributed by atoms with Crippen molar-refractivity contribution in [2.45, 2.75) is 16.8 Å². The molecule has 22 heavy (non-hydrogen) atoms. The second-order valence-electron chi connectivity index (χ2n) is 4.55. The first kappa shape index (κ1) is 18.4. The fourth-order valence-electron chi connectivity index (χ4n) is 1.68. The van der Waals surface area contributed by atoms with Gasteiger partial charge in [-0.1, -0.05) is 0 Å². The van der Waals surface area contributed by atoms with E-state index in [0.717, 1.165) is 24.3 Å². The predicted octanol–water partition coefficient (Wildman–Crippen LogP) is 2.09. The Morgan fingerprint density at radius 1 is 1.23 bits per heavy atom. The minimum Gasteiger partial charge on any atom is -0.385 e. The van der Waals surface area contributed by atoms with E-state index in [1.807, 2.05) is 0 Å². The number of sulfone groups is 1. The minimum absolute atomic E-state index is 0.112. The molecule has 0 saturated carbocycles. The lowest BCUT2D eigenvalue weighted by molar-refractivity contribution is -0.0436. The molecule has 0 fully saturated rings. The predicted molar refractivity (Wildman–Crippen MR) is 73.1 cm³/mol. The third-order valence-electron chi connectivity index (χ3n) is 2.90. The van der Waals surface area contributed by atoms with Gasteiger partial charge in [-0.15, -0.1) is 0 Å². The number of carbonyl (C=O) groups excluding carboxylic acids is 1. The van der Waals surface area contributed by atoms with Gasteiger partial charge >= 0.3 is 5.51 Å². The van der Waals surface area contributed by atoms with E-state index in [0.29, 0.717) is 19.6 Å². The van der Waals surface area contributed by atoms with E-state index in [2.05, 4.69) is 0 Å². The van der Waals surface area contributed by atoms with Gasteiger partial charge in [-0.2, -0.15) is 13.2 Å². The first-order valence-electron chi connectivity index (χ1n) is 6.27. The number of nitrogens with zero attached hydrogens (tertiary/aromatic N) is 1. The van der Waals surface area contributed by atoms with Crippen molar-refractivity contribution in [3.8, 4) is 0 Å². The fraction of sp³-hybridized carbons (Fsp3) is 0.462. The molecule has 0 N–H and O–H groups in total. The van der Waals surface area contributed by atoms with Gasteiger partial charge in [-0.3, -0.25) is 4.79 Å². The molecular formula is C13H16F3NO4S. The SMILES string of the molecule is COCCCN(C)C(=O)c1ccc(S(=O)(=O)C(F)(F)F)cc1. The van der Waals surface area contributed by atoms with Crippen LogP contribution >= 0.6 is 0 Å². The number of methoxy groups -OCH3 is 1. The summed E-state index contributed by atoms with van der Waals surface area (Å²) in [4.78, 5) is 12.5. The van der Waals surface area contributed by atoms with E-state index in [4.69, 9.17) is 4.74 Å². The van der Waals surface area contributed by atoms with Gasteiger partial charge in [0.15, 0.2) is 0 Å². The molecule has 0 saturated heterocycles. The van der Waals surface area contributed by atoms with Crippen molar-refractivity contribution in [1.29, 1.82) is 0 Å². The summed E-state index contributed by atoms with van der Waals surface area (Å²) in [6.45, 7) is 0.885. The normalized spacial score (nSPS) is 12.2. The van der Waals surface area contributed by atoms with Crippen molar-refractivity contribution in [2.75, 3.05) is 27.3 Å². The van der Waals surface area contributed by atoms with Gasteiger partial charge < -0.3 is 9.64 Å². The van der Waals surface area contributed by atoms with Crippen LogP contribution in [0.3, 0.4) is 0 Å². The zero-order valence-electron chi connectivity index (χ0n) is 12.1. The minimum atomic E-state index is -5.40. The molecule has 124 valence electrons. The van der Waals surface area contributed by atoms with Gasteiger partial charge in [0.2, 0.25) is 0 Å². The summed E-state index contributed by atoms with van der Waals surface area (Å²) in [5.41, 5.74) is -5.25. The van der Waals surface area contributed by atoms with Crippen LogP contribution in [0, 0.1) is 0 Å². The number of hydrogen-bond acceptors (Lipinski definition) is 4. The molecule has 0 radical (unpaired) electrons. The van der Waals surface area contributed by atoms with E-state index >= 15 is 0 Å². The van der Waals surface area contributed by atoms with Crippen LogP contribution in [0.15, 0.2) is 29.2 Å². The molecule has 0 aliphatic heterocycles. The molecule has 0 heterocycles. The zero-order valence-corrected chi connectivity index (χ0v) is 12.9. The van der Waals surface area contributed by atoms with E-state index in [1.54, 1.807) is 7.05 Å². The highest BCUT2D eigenvalue weighted by molar-refractivity contribution is 7.92. The van der Waals surface area contributed by atoms with E-state index in [9.17, 15) is 26.4 Å². The molecule has 1 rings (SSSR count). The van der Waals surface area contributed by atoms with Crippen LogP contribution in [0.4, 0.5) is 13.2 Å². The maximum Gasteiger partial charge on any atom is 0.501 e. The van der Waals surface area contributed by atoms with Crippen LogP contribution in [-0.2, 0) is 14.6 Å². The van der Waals surface area contributed by atoms with Gasteiger partial charge in [-0.25, -0.2) is 8.42 Å². The molecule has 9 heteroatoms. The van der Waals surface area contributed by atoms with Crippen molar-refractivity contribution in [3.05, 3.63) is 29.8 Å². The highest BCUT2D eigenvalue weighted by Gasteiger charge is 2.46. The number of ether oxygens (including phenoxy) is 1. The van der Waals surface area contributed by atoms with E-state index in [-0.39, 0.29) is 5.56 Å². The second-order valence-corrected chi connectivity index (χ2v) is 6.49. The Kier molecular flexibility index (Phi) is 5.95. The van der Waals surface area contributed by atoms with Crippen molar-refractivity contribution in [2.24, 2.45) is 0 Å². The van der Waals surface area contributed by atoms with E-state index < -0.39 is 26.1 Å². The van der Waals surface area contributed by atoms with Crippen LogP contribution in [0.2, 0.25) is 0 Å². The molecule has 0 aliphatic rings. The average Bonchev–Trinajstić information content (AvgIpc) is 2.45. The maximum absolute atomic E-state index is 12.4. The summed E-state index contributed by atoms with van der Waals surface area (Å²) in [6, 6.07) is 3.68. The first-order chi connectivity index (χ1) is 10.1.